The predicted molar refractivity (Wildman–Crippen MR) is 103 cm³/mol. The lowest BCUT2D eigenvalue weighted by molar-refractivity contribution is -0.130. The second-order valence-electron chi connectivity index (χ2n) is 6.84. The van der Waals surface area contributed by atoms with Crippen molar-refractivity contribution in [2.45, 2.75) is 26.3 Å². The van der Waals surface area contributed by atoms with Crippen LogP contribution in [0.3, 0.4) is 0 Å². The average molecular weight is 408 g/mol. The van der Waals surface area contributed by atoms with E-state index in [1.165, 1.54) is 6.07 Å². The molecule has 0 radical (unpaired) electrons. The zero-order chi connectivity index (χ0) is 20.1. The monoisotopic (exact) mass is 407 g/mol. The van der Waals surface area contributed by atoms with Crippen LogP contribution in [0.5, 0.6) is 0 Å². The van der Waals surface area contributed by atoms with Crippen LogP contribution in [0.25, 0.3) is 0 Å². The maximum atomic E-state index is 13.0. The molecule has 0 unspecified atom stereocenters. The van der Waals surface area contributed by atoms with Gasteiger partial charge in [-0.25, -0.2) is 4.79 Å². The highest BCUT2D eigenvalue weighted by Crippen LogP contribution is 2.35. The molecule has 1 aromatic carbocycles. The molecule has 0 saturated carbocycles. The lowest BCUT2D eigenvalue weighted by Gasteiger charge is -2.23. The minimum Gasteiger partial charge on any atom is -0.351 e. The van der Waals surface area contributed by atoms with E-state index >= 15 is 0 Å². The lowest BCUT2D eigenvalue weighted by Crippen LogP contribution is -2.41. The Morgan fingerprint density at radius 2 is 1.85 bits per heavy atom. The van der Waals surface area contributed by atoms with E-state index in [4.69, 9.17) is 23.2 Å². The van der Waals surface area contributed by atoms with Crippen molar-refractivity contribution in [2.75, 3.05) is 6.54 Å². The van der Waals surface area contributed by atoms with Crippen molar-refractivity contribution in [1.29, 1.82) is 0 Å². The molecular weight excluding hydrogens is 389 g/mol. The number of benzene rings is 1. The van der Waals surface area contributed by atoms with E-state index < -0.39 is 17.5 Å². The van der Waals surface area contributed by atoms with E-state index in [-0.39, 0.29) is 17.4 Å². The summed E-state index contributed by atoms with van der Waals surface area (Å²) in [6, 6.07) is 5.82. The van der Waals surface area contributed by atoms with Gasteiger partial charge in [-0.15, -0.1) is 0 Å². The number of nitrogens with zero attached hydrogens (tertiary/aromatic N) is 2. The van der Waals surface area contributed by atoms with Gasteiger partial charge >= 0.3 is 6.03 Å². The summed E-state index contributed by atoms with van der Waals surface area (Å²) in [4.78, 5) is 39.1. The molecule has 27 heavy (non-hydrogen) atoms. The van der Waals surface area contributed by atoms with Gasteiger partial charge in [0.05, 0.1) is 6.54 Å². The van der Waals surface area contributed by atoms with Crippen molar-refractivity contribution in [2.24, 2.45) is 7.05 Å². The zero-order valence-corrected chi connectivity index (χ0v) is 16.9. The maximum Gasteiger partial charge on any atom is 0.325 e. The third-order valence-electron chi connectivity index (χ3n) is 5.12. The van der Waals surface area contributed by atoms with Crippen molar-refractivity contribution < 1.29 is 14.4 Å². The molecule has 6 nitrogen and oxygen atoms in total. The van der Waals surface area contributed by atoms with Crippen molar-refractivity contribution in [1.82, 2.24) is 14.8 Å². The molecule has 0 aliphatic carbocycles. The molecule has 1 saturated heterocycles. The summed E-state index contributed by atoms with van der Waals surface area (Å²) in [6.45, 7) is 4.93. The van der Waals surface area contributed by atoms with E-state index in [0.29, 0.717) is 16.1 Å². The third-order valence-corrected chi connectivity index (χ3v) is 5.67. The van der Waals surface area contributed by atoms with E-state index in [0.717, 1.165) is 16.3 Å². The normalized spacial score (nSPS) is 19.6. The number of carbonyl (C=O) groups is 3. The van der Waals surface area contributed by atoms with Gasteiger partial charge in [-0.3, -0.25) is 14.5 Å². The summed E-state index contributed by atoms with van der Waals surface area (Å²) < 4.78 is 1.89. The van der Waals surface area contributed by atoms with Crippen LogP contribution in [0.1, 0.15) is 34.2 Å². The SMILES string of the molecule is Cc1cc(C(=O)CN2C(=O)N[C@](C)(c3ccc(Cl)cc3Cl)C2=O)c(C)n1C. The highest BCUT2D eigenvalue weighted by Gasteiger charge is 2.50. The van der Waals surface area contributed by atoms with Crippen molar-refractivity contribution in [3.8, 4) is 0 Å². The molecule has 0 bridgehead atoms. The van der Waals surface area contributed by atoms with Gasteiger partial charge in [-0.2, -0.15) is 0 Å². The number of aromatic nitrogens is 1. The number of hydrogen-bond acceptors (Lipinski definition) is 3. The Labute approximate surface area is 167 Å². The number of aryl methyl sites for hydroxylation is 1. The first-order valence-corrected chi connectivity index (χ1v) is 9.07. The summed E-state index contributed by atoms with van der Waals surface area (Å²) in [5.74, 6) is -0.832. The molecule has 3 rings (SSSR count). The Morgan fingerprint density at radius 1 is 1.19 bits per heavy atom. The van der Waals surface area contributed by atoms with E-state index in [9.17, 15) is 14.4 Å². The fraction of sp³-hybridized carbons (Fsp3) is 0.316. The molecule has 1 atom stereocenters. The Bertz CT molecular complexity index is 983. The Balaban J connectivity index is 1.90. The number of hydrogen-bond donors (Lipinski definition) is 1. The van der Waals surface area contributed by atoms with E-state index in [1.54, 1.807) is 25.1 Å². The van der Waals surface area contributed by atoms with Crippen molar-refractivity contribution >= 4 is 40.9 Å². The van der Waals surface area contributed by atoms with Crippen LogP contribution in [0.15, 0.2) is 24.3 Å². The predicted octanol–water partition coefficient (Wildman–Crippen LogP) is 3.60. The summed E-state index contributed by atoms with van der Waals surface area (Å²) in [5, 5.41) is 3.33. The number of imide groups is 1. The highest BCUT2D eigenvalue weighted by atomic mass is 35.5. The number of urea groups is 1. The fourth-order valence-corrected chi connectivity index (χ4v) is 3.88. The molecule has 8 heteroatoms. The molecule has 2 aromatic rings. The second-order valence-corrected chi connectivity index (χ2v) is 7.68. The standard InChI is InChI=1S/C19H19Cl2N3O3/c1-10-7-13(11(2)23(10)4)16(25)9-24-17(26)19(3,22-18(24)27)14-6-5-12(20)8-15(14)21/h5-8H,9H2,1-4H3,(H,22,27)/t19-/m1/s1. The minimum absolute atomic E-state index is 0.265. The fourth-order valence-electron chi connectivity index (χ4n) is 3.28. The largest absolute Gasteiger partial charge is 0.351 e. The molecule has 142 valence electrons. The summed E-state index contributed by atoms with van der Waals surface area (Å²) in [6.07, 6.45) is 0. The van der Waals surface area contributed by atoms with Crippen molar-refractivity contribution in [3.05, 3.63) is 56.8 Å². The van der Waals surface area contributed by atoms with Crippen LogP contribution in [-0.2, 0) is 17.4 Å². The Kier molecular flexibility index (Phi) is 4.82. The van der Waals surface area contributed by atoms with Gasteiger partial charge in [0.15, 0.2) is 5.78 Å². The van der Waals surface area contributed by atoms with Gasteiger partial charge in [0.1, 0.15) is 5.54 Å². The van der Waals surface area contributed by atoms with Crippen molar-refractivity contribution in [3.63, 3.8) is 0 Å². The summed E-state index contributed by atoms with van der Waals surface area (Å²) >= 11 is 12.1. The number of rotatable bonds is 4. The van der Waals surface area contributed by atoms with Gasteiger partial charge < -0.3 is 9.88 Å². The average Bonchev–Trinajstić information content (AvgIpc) is 2.97. The summed E-state index contributed by atoms with van der Waals surface area (Å²) in [7, 11) is 1.86. The lowest BCUT2D eigenvalue weighted by atomic mass is 9.92. The molecule has 0 spiro atoms. The molecule has 2 heterocycles. The van der Waals surface area contributed by atoms with Gasteiger partial charge in [0.2, 0.25) is 0 Å². The molecule has 1 aliphatic rings. The molecule has 1 aliphatic heterocycles. The number of Topliss-reactive ketones (excluding diaryl/α,β-unsaturated/α-hetero) is 1. The first-order valence-electron chi connectivity index (χ1n) is 8.32. The van der Waals surface area contributed by atoms with Crippen LogP contribution < -0.4 is 5.32 Å². The van der Waals surface area contributed by atoms with Gasteiger partial charge in [0.25, 0.3) is 5.91 Å². The molecular formula is C19H19Cl2N3O3. The first-order chi connectivity index (χ1) is 12.6. The molecule has 3 amide bonds. The van der Waals surface area contributed by atoms with Crippen LogP contribution in [0, 0.1) is 13.8 Å². The topological polar surface area (TPSA) is 71.4 Å². The Hall–Kier alpha value is -2.31. The quantitative estimate of drug-likeness (QED) is 0.621. The van der Waals surface area contributed by atoms with Crippen LogP contribution in [0.2, 0.25) is 10.0 Å². The number of amides is 3. The molecule has 1 aromatic heterocycles. The van der Waals surface area contributed by atoms with Gasteiger partial charge in [-0.1, -0.05) is 29.3 Å². The third kappa shape index (κ3) is 3.13. The smallest absolute Gasteiger partial charge is 0.325 e. The first kappa shape index (κ1) is 19.5. The van der Waals surface area contributed by atoms with Gasteiger partial charge in [-0.05, 0) is 39.0 Å². The number of carbonyl (C=O) groups excluding carboxylic acids is 3. The number of ketones is 1. The van der Waals surface area contributed by atoms with Gasteiger partial charge in [0, 0.05) is 39.6 Å². The number of halogens is 2. The molecule has 1 N–H and O–H groups in total. The highest BCUT2D eigenvalue weighted by molar-refractivity contribution is 6.35. The minimum atomic E-state index is -1.36. The zero-order valence-electron chi connectivity index (χ0n) is 15.4. The Morgan fingerprint density at radius 3 is 2.41 bits per heavy atom. The van der Waals surface area contributed by atoms with E-state index in [2.05, 4.69) is 5.32 Å². The maximum absolute atomic E-state index is 13.0. The van der Waals surface area contributed by atoms with Crippen LogP contribution >= 0.6 is 23.2 Å². The van der Waals surface area contributed by atoms with E-state index in [1.807, 2.05) is 25.5 Å². The molecule has 1 fully saturated rings. The number of nitrogens with one attached hydrogen (secondary N) is 1. The van der Waals surface area contributed by atoms with Crippen LogP contribution in [-0.4, -0.2) is 33.7 Å². The summed E-state index contributed by atoms with van der Waals surface area (Å²) in [5.41, 5.74) is 1.27. The second kappa shape index (κ2) is 6.69. The van der Waals surface area contributed by atoms with Crippen LogP contribution in [0.4, 0.5) is 4.79 Å².